The summed E-state index contributed by atoms with van der Waals surface area (Å²) in [4.78, 5) is 9.60. The van der Waals surface area contributed by atoms with Crippen molar-refractivity contribution in [1.29, 1.82) is 0 Å². The van der Waals surface area contributed by atoms with Gasteiger partial charge in [0.2, 0.25) is 0 Å². The molecule has 25 heavy (non-hydrogen) atoms. The molecule has 0 unspecified atom stereocenters. The second-order valence-electron chi connectivity index (χ2n) is 5.90. The molecule has 4 aromatic rings. The Morgan fingerprint density at radius 1 is 0.800 bits per heavy atom. The van der Waals surface area contributed by atoms with Gasteiger partial charge in [-0.1, -0.05) is 51.8 Å². The van der Waals surface area contributed by atoms with Crippen molar-refractivity contribution >= 4 is 38.6 Å². The third kappa shape index (κ3) is 3.45. The monoisotopic (exact) mass is 426 g/mol. The molecule has 0 saturated heterocycles. The lowest BCUT2D eigenvalue weighted by Gasteiger charge is -2.03. The molecule has 2 aromatic heterocycles. The first-order valence-electron chi connectivity index (χ1n) is 7.85. The summed E-state index contributed by atoms with van der Waals surface area (Å²) in [6, 6.07) is 14.7. The van der Waals surface area contributed by atoms with Crippen molar-refractivity contribution in [3.8, 4) is 32.5 Å². The Labute approximate surface area is 163 Å². The van der Waals surface area contributed by atoms with E-state index in [4.69, 9.17) is 9.97 Å². The fourth-order valence-corrected chi connectivity index (χ4v) is 4.68. The Balaban J connectivity index is 1.65. The van der Waals surface area contributed by atoms with Crippen LogP contribution in [0.3, 0.4) is 0 Å². The molecule has 0 amide bonds. The average Bonchev–Trinajstić information content (AvgIpc) is 3.24. The maximum Gasteiger partial charge on any atom is 0.152 e. The summed E-state index contributed by atoms with van der Waals surface area (Å²) in [7, 11) is 0. The largest absolute Gasteiger partial charge is 0.233 e. The van der Waals surface area contributed by atoms with E-state index < -0.39 is 0 Å². The summed E-state index contributed by atoms with van der Waals surface area (Å²) < 4.78 is 1.07. The van der Waals surface area contributed by atoms with Gasteiger partial charge < -0.3 is 0 Å². The predicted octanol–water partition coefficient (Wildman–Crippen LogP) is 6.98. The minimum Gasteiger partial charge on any atom is -0.233 e. The first kappa shape index (κ1) is 16.6. The summed E-state index contributed by atoms with van der Waals surface area (Å²) in [6.45, 7) is 4.25. The highest BCUT2D eigenvalue weighted by Gasteiger charge is 2.12. The van der Waals surface area contributed by atoms with Crippen LogP contribution in [0.5, 0.6) is 0 Å². The standard InChI is InChI=1S/C20H15BrN2S2/c1-12-3-8-16(13(2)9-12)18-11-25-20(23-18)19-22-17(10-24-19)14-4-6-15(21)7-5-14/h3-11H,1-2H3. The van der Waals surface area contributed by atoms with E-state index in [1.54, 1.807) is 22.7 Å². The van der Waals surface area contributed by atoms with Crippen LogP contribution in [0, 0.1) is 13.8 Å². The van der Waals surface area contributed by atoms with Gasteiger partial charge in [-0.05, 0) is 31.5 Å². The van der Waals surface area contributed by atoms with Gasteiger partial charge in [0, 0.05) is 26.4 Å². The fraction of sp³-hybridized carbons (Fsp3) is 0.100. The van der Waals surface area contributed by atoms with E-state index in [9.17, 15) is 0 Å². The molecule has 0 atom stereocenters. The quantitative estimate of drug-likeness (QED) is 0.353. The smallest absolute Gasteiger partial charge is 0.152 e. The van der Waals surface area contributed by atoms with Crippen LogP contribution < -0.4 is 0 Å². The minimum atomic E-state index is 0.971. The Morgan fingerprint density at radius 2 is 1.44 bits per heavy atom. The lowest BCUT2D eigenvalue weighted by molar-refractivity contribution is 1.32. The molecule has 5 heteroatoms. The molecule has 0 aliphatic heterocycles. The van der Waals surface area contributed by atoms with Gasteiger partial charge in [-0.2, -0.15) is 0 Å². The van der Waals surface area contributed by atoms with Crippen LogP contribution >= 0.6 is 38.6 Å². The molecule has 4 rings (SSSR count). The molecule has 0 saturated carbocycles. The maximum absolute atomic E-state index is 4.82. The maximum atomic E-state index is 4.82. The molecule has 2 aromatic carbocycles. The zero-order valence-electron chi connectivity index (χ0n) is 13.8. The number of hydrogen-bond acceptors (Lipinski definition) is 4. The normalized spacial score (nSPS) is 11.0. The summed E-state index contributed by atoms with van der Waals surface area (Å²) in [5.41, 5.74) is 6.87. The van der Waals surface area contributed by atoms with Crippen LogP contribution in [0.2, 0.25) is 0 Å². The van der Waals surface area contributed by atoms with Crippen molar-refractivity contribution in [1.82, 2.24) is 9.97 Å². The van der Waals surface area contributed by atoms with Crippen LogP contribution in [0.15, 0.2) is 57.7 Å². The van der Waals surface area contributed by atoms with Crippen molar-refractivity contribution in [3.05, 3.63) is 68.8 Å². The number of nitrogens with zero attached hydrogens (tertiary/aromatic N) is 2. The Morgan fingerprint density at radius 3 is 2.12 bits per heavy atom. The summed E-state index contributed by atoms with van der Waals surface area (Å²) in [6.07, 6.45) is 0. The molecule has 2 nitrogen and oxygen atoms in total. The van der Waals surface area contributed by atoms with Crippen LogP contribution in [0.1, 0.15) is 11.1 Å². The molecule has 0 aliphatic carbocycles. The van der Waals surface area contributed by atoms with Crippen molar-refractivity contribution in [3.63, 3.8) is 0 Å². The zero-order valence-corrected chi connectivity index (χ0v) is 17.0. The molecule has 0 spiro atoms. The van der Waals surface area contributed by atoms with E-state index in [0.717, 1.165) is 31.4 Å². The summed E-state index contributed by atoms with van der Waals surface area (Å²) >= 11 is 6.76. The summed E-state index contributed by atoms with van der Waals surface area (Å²) in [5.74, 6) is 0. The third-order valence-corrected chi connectivity index (χ3v) is 6.35. The van der Waals surface area contributed by atoms with Gasteiger partial charge in [-0.15, -0.1) is 22.7 Å². The van der Waals surface area contributed by atoms with Gasteiger partial charge in [-0.3, -0.25) is 0 Å². The van der Waals surface area contributed by atoms with E-state index in [1.165, 1.54) is 16.7 Å². The van der Waals surface area contributed by atoms with Gasteiger partial charge in [0.05, 0.1) is 11.4 Å². The van der Waals surface area contributed by atoms with Gasteiger partial charge >= 0.3 is 0 Å². The Bertz CT molecular complexity index is 1030. The third-order valence-electron chi connectivity index (χ3n) is 3.99. The van der Waals surface area contributed by atoms with E-state index in [1.807, 2.05) is 12.1 Å². The fourth-order valence-electron chi connectivity index (χ4n) is 2.72. The van der Waals surface area contributed by atoms with Gasteiger partial charge in [-0.25, -0.2) is 9.97 Å². The number of hydrogen-bond donors (Lipinski definition) is 0. The summed E-state index contributed by atoms with van der Waals surface area (Å²) in [5, 5.41) is 6.16. The number of aromatic nitrogens is 2. The van der Waals surface area contributed by atoms with Crippen LogP contribution in [-0.4, -0.2) is 9.97 Å². The SMILES string of the molecule is Cc1ccc(-c2csc(-c3nc(-c4ccc(Br)cc4)cs3)n2)c(C)c1. The van der Waals surface area contributed by atoms with Gasteiger partial charge in [0.1, 0.15) is 0 Å². The predicted molar refractivity (Wildman–Crippen MR) is 111 cm³/mol. The van der Waals surface area contributed by atoms with Crippen molar-refractivity contribution < 1.29 is 0 Å². The van der Waals surface area contributed by atoms with Crippen molar-refractivity contribution in [2.45, 2.75) is 13.8 Å². The topological polar surface area (TPSA) is 25.8 Å². The van der Waals surface area contributed by atoms with Crippen molar-refractivity contribution in [2.24, 2.45) is 0 Å². The highest BCUT2D eigenvalue weighted by atomic mass is 79.9. The molecular weight excluding hydrogens is 412 g/mol. The lowest BCUT2D eigenvalue weighted by Crippen LogP contribution is -1.85. The Hall–Kier alpha value is -1.82. The molecule has 0 bridgehead atoms. The highest BCUT2D eigenvalue weighted by molar-refractivity contribution is 9.10. The first-order valence-corrected chi connectivity index (χ1v) is 10.4. The number of halogens is 1. The van der Waals surface area contributed by atoms with E-state index >= 15 is 0 Å². The second-order valence-corrected chi connectivity index (χ2v) is 8.53. The molecule has 0 N–H and O–H groups in total. The van der Waals surface area contributed by atoms with E-state index in [2.05, 4.69) is 70.9 Å². The Kier molecular flexibility index (Phi) is 4.54. The molecule has 0 radical (unpaired) electrons. The van der Waals surface area contributed by atoms with Gasteiger partial charge in [0.25, 0.3) is 0 Å². The number of aryl methyl sites for hydroxylation is 2. The number of thiazole rings is 2. The van der Waals surface area contributed by atoms with E-state index in [-0.39, 0.29) is 0 Å². The first-order chi connectivity index (χ1) is 12.1. The molecular formula is C20H15BrN2S2. The van der Waals surface area contributed by atoms with Crippen LogP contribution in [0.4, 0.5) is 0 Å². The molecule has 2 heterocycles. The number of rotatable bonds is 3. The van der Waals surface area contributed by atoms with Crippen LogP contribution in [0.25, 0.3) is 32.5 Å². The number of benzene rings is 2. The van der Waals surface area contributed by atoms with E-state index in [0.29, 0.717) is 0 Å². The molecule has 0 aliphatic rings. The average molecular weight is 427 g/mol. The molecule has 0 fully saturated rings. The van der Waals surface area contributed by atoms with Crippen LogP contribution in [-0.2, 0) is 0 Å². The zero-order chi connectivity index (χ0) is 17.4. The molecule has 124 valence electrons. The van der Waals surface area contributed by atoms with Crippen molar-refractivity contribution in [2.75, 3.05) is 0 Å². The highest BCUT2D eigenvalue weighted by Crippen LogP contribution is 2.34. The minimum absolute atomic E-state index is 0.971. The lowest BCUT2D eigenvalue weighted by atomic mass is 10.0. The van der Waals surface area contributed by atoms with Gasteiger partial charge in [0.15, 0.2) is 10.0 Å². The second kappa shape index (κ2) is 6.83.